The molecule has 0 aliphatic heterocycles. The summed E-state index contributed by atoms with van der Waals surface area (Å²) in [5.74, 6) is 0.873. The Balaban J connectivity index is 1.99. The molecule has 0 spiro atoms. The van der Waals surface area contributed by atoms with Crippen molar-refractivity contribution in [2.45, 2.75) is 12.8 Å². The predicted octanol–water partition coefficient (Wildman–Crippen LogP) is 3.97. The first-order valence-corrected chi connectivity index (χ1v) is 7.11. The minimum atomic E-state index is 0.133. The van der Waals surface area contributed by atoms with Crippen molar-refractivity contribution in [2.24, 2.45) is 0 Å². The molecule has 0 radical (unpaired) electrons. The van der Waals surface area contributed by atoms with Crippen molar-refractivity contribution >= 4 is 23.2 Å². The monoisotopic (exact) mass is 270 g/mol. The number of carbonyl (C=O) groups excluding carboxylic acids is 1. The number of ketones is 1. The first-order valence-electron chi connectivity index (χ1n) is 6.23. The lowest BCUT2D eigenvalue weighted by Crippen LogP contribution is -2.14. The van der Waals surface area contributed by atoms with Crippen LogP contribution in [0.4, 0.5) is 0 Å². The highest BCUT2D eigenvalue weighted by molar-refractivity contribution is 7.10. The molecule has 0 bridgehead atoms. The largest absolute Gasteiger partial charge is 0.497 e. The Morgan fingerprint density at radius 2 is 2.16 bits per heavy atom. The zero-order chi connectivity index (χ0) is 13.2. The summed E-state index contributed by atoms with van der Waals surface area (Å²) in [6.07, 6.45) is 3.74. The van der Waals surface area contributed by atoms with Crippen LogP contribution in [0.5, 0.6) is 5.75 Å². The number of fused-ring (bicyclic) bond motifs is 1. The van der Waals surface area contributed by atoms with E-state index in [2.05, 4.69) is 0 Å². The first kappa shape index (κ1) is 12.2. The molecule has 0 saturated carbocycles. The van der Waals surface area contributed by atoms with Crippen LogP contribution in [-0.2, 0) is 6.42 Å². The number of methoxy groups -OCH3 is 1. The molecule has 1 heterocycles. The molecule has 3 rings (SSSR count). The minimum Gasteiger partial charge on any atom is -0.497 e. The van der Waals surface area contributed by atoms with Gasteiger partial charge in [-0.05, 0) is 48.1 Å². The van der Waals surface area contributed by atoms with Gasteiger partial charge in [0.25, 0.3) is 0 Å². The van der Waals surface area contributed by atoms with Gasteiger partial charge in [0, 0.05) is 16.0 Å². The van der Waals surface area contributed by atoms with Crippen molar-refractivity contribution in [3.63, 3.8) is 0 Å². The fourth-order valence-corrected chi connectivity index (χ4v) is 3.03. The number of hydrogen-bond acceptors (Lipinski definition) is 3. The minimum absolute atomic E-state index is 0.133. The van der Waals surface area contributed by atoms with E-state index in [-0.39, 0.29) is 5.78 Å². The zero-order valence-electron chi connectivity index (χ0n) is 10.7. The van der Waals surface area contributed by atoms with E-state index in [1.54, 1.807) is 18.4 Å². The molecule has 0 saturated heterocycles. The number of ether oxygens (including phenoxy) is 1. The third-order valence-electron chi connectivity index (χ3n) is 3.38. The molecule has 0 N–H and O–H groups in total. The molecule has 1 aromatic carbocycles. The molecular formula is C16H14O2S. The fourth-order valence-electron chi connectivity index (χ4n) is 2.35. The molecular weight excluding hydrogens is 256 g/mol. The van der Waals surface area contributed by atoms with Crippen LogP contribution in [0, 0.1) is 0 Å². The molecule has 19 heavy (non-hydrogen) atoms. The Labute approximate surface area is 116 Å². The number of carbonyl (C=O) groups is 1. The van der Waals surface area contributed by atoms with Gasteiger partial charge in [-0.25, -0.2) is 0 Å². The average Bonchev–Trinajstić information content (AvgIpc) is 2.95. The average molecular weight is 270 g/mol. The van der Waals surface area contributed by atoms with Gasteiger partial charge in [-0.2, -0.15) is 0 Å². The number of Topliss-reactive ketones (excluding diaryl/α,β-unsaturated/α-hetero) is 1. The Hall–Kier alpha value is -1.87. The summed E-state index contributed by atoms with van der Waals surface area (Å²) in [4.78, 5) is 13.6. The Morgan fingerprint density at radius 1 is 1.26 bits per heavy atom. The molecule has 0 amide bonds. The highest BCUT2D eigenvalue weighted by atomic mass is 32.1. The molecule has 0 fully saturated rings. The second-order valence-electron chi connectivity index (χ2n) is 4.54. The second kappa shape index (κ2) is 5.02. The number of allylic oxidation sites excluding steroid dienone is 1. The van der Waals surface area contributed by atoms with Crippen LogP contribution in [0.15, 0.2) is 41.3 Å². The molecule has 0 atom stereocenters. The van der Waals surface area contributed by atoms with E-state index in [9.17, 15) is 4.79 Å². The normalized spacial score (nSPS) is 16.5. The third kappa shape index (κ3) is 2.34. The number of hydrogen-bond donors (Lipinski definition) is 0. The smallest absolute Gasteiger partial charge is 0.189 e. The molecule has 1 aliphatic rings. The lowest BCUT2D eigenvalue weighted by atomic mass is 9.86. The number of aryl methyl sites for hydroxylation is 1. The van der Waals surface area contributed by atoms with E-state index in [0.29, 0.717) is 0 Å². The van der Waals surface area contributed by atoms with Crippen LogP contribution < -0.4 is 4.74 Å². The molecule has 3 heteroatoms. The van der Waals surface area contributed by atoms with Crippen LogP contribution in [-0.4, -0.2) is 12.9 Å². The Kier molecular flexibility index (Phi) is 3.22. The maximum Gasteiger partial charge on any atom is 0.189 e. The summed E-state index contributed by atoms with van der Waals surface area (Å²) in [6, 6.07) is 9.79. The van der Waals surface area contributed by atoms with Crippen LogP contribution >= 0.6 is 11.3 Å². The van der Waals surface area contributed by atoms with Gasteiger partial charge in [0.15, 0.2) is 5.78 Å². The summed E-state index contributed by atoms with van der Waals surface area (Å²) in [6.45, 7) is 0. The van der Waals surface area contributed by atoms with Gasteiger partial charge >= 0.3 is 0 Å². The van der Waals surface area contributed by atoms with Gasteiger partial charge < -0.3 is 4.74 Å². The zero-order valence-corrected chi connectivity index (χ0v) is 11.5. The summed E-state index contributed by atoms with van der Waals surface area (Å²) in [5.41, 5.74) is 2.80. The number of thiophene rings is 1. The lowest BCUT2D eigenvalue weighted by Gasteiger charge is -2.18. The van der Waals surface area contributed by atoms with Gasteiger partial charge in [0.2, 0.25) is 0 Å². The highest BCUT2D eigenvalue weighted by Crippen LogP contribution is 2.29. The fraction of sp³-hybridized carbons (Fsp3) is 0.188. The van der Waals surface area contributed by atoms with Gasteiger partial charge in [-0.3, -0.25) is 4.79 Å². The maximum atomic E-state index is 12.5. The highest BCUT2D eigenvalue weighted by Gasteiger charge is 2.22. The molecule has 0 unspecified atom stereocenters. The molecule has 2 aromatic rings. The molecule has 1 aliphatic carbocycles. The van der Waals surface area contributed by atoms with Gasteiger partial charge in [0.1, 0.15) is 5.75 Å². The van der Waals surface area contributed by atoms with Crippen LogP contribution in [0.3, 0.4) is 0 Å². The van der Waals surface area contributed by atoms with Crippen molar-refractivity contribution < 1.29 is 9.53 Å². The predicted molar refractivity (Wildman–Crippen MR) is 77.9 cm³/mol. The molecule has 1 aromatic heterocycles. The van der Waals surface area contributed by atoms with Crippen LogP contribution in [0.25, 0.3) is 6.08 Å². The Morgan fingerprint density at radius 3 is 2.89 bits per heavy atom. The van der Waals surface area contributed by atoms with E-state index in [0.717, 1.165) is 40.2 Å². The topological polar surface area (TPSA) is 26.3 Å². The van der Waals surface area contributed by atoms with Gasteiger partial charge in [-0.15, -0.1) is 11.3 Å². The SMILES string of the molecule is COc1ccc2c(c1)C(=O)/C(=C/c1cccs1)CC2. The molecule has 96 valence electrons. The summed E-state index contributed by atoms with van der Waals surface area (Å²) < 4.78 is 5.20. The maximum absolute atomic E-state index is 12.5. The van der Waals surface area contributed by atoms with E-state index in [4.69, 9.17) is 4.74 Å². The lowest BCUT2D eigenvalue weighted by molar-refractivity contribution is 0.102. The van der Waals surface area contributed by atoms with Crippen molar-refractivity contribution in [1.29, 1.82) is 0 Å². The van der Waals surface area contributed by atoms with E-state index in [1.165, 1.54) is 0 Å². The van der Waals surface area contributed by atoms with E-state index in [1.807, 2.05) is 41.8 Å². The number of benzene rings is 1. The summed E-state index contributed by atoms with van der Waals surface area (Å²) in [5, 5.41) is 2.02. The van der Waals surface area contributed by atoms with Crippen molar-refractivity contribution in [1.82, 2.24) is 0 Å². The van der Waals surface area contributed by atoms with Gasteiger partial charge in [-0.1, -0.05) is 12.1 Å². The standard InChI is InChI=1S/C16H14O2S/c1-18-13-7-6-11-4-5-12(16(17)15(11)10-13)9-14-3-2-8-19-14/h2-3,6-10H,4-5H2,1H3/b12-9+. The van der Waals surface area contributed by atoms with Crippen molar-refractivity contribution in [3.8, 4) is 5.75 Å². The van der Waals surface area contributed by atoms with Crippen molar-refractivity contribution in [2.75, 3.05) is 7.11 Å². The van der Waals surface area contributed by atoms with Gasteiger partial charge in [0.05, 0.1) is 7.11 Å². The number of rotatable bonds is 2. The second-order valence-corrected chi connectivity index (χ2v) is 5.52. The van der Waals surface area contributed by atoms with Crippen molar-refractivity contribution in [3.05, 3.63) is 57.3 Å². The third-order valence-corrected chi connectivity index (χ3v) is 4.20. The summed E-state index contributed by atoms with van der Waals surface area (Å²) in [7, 11) is 1.62. The van der Waals surface area contributed by atoms with Crippen LogP contribution in [0.1, 0.15) is 27.2 Å². The quantitative estimate of drug-likeness (QED) is 0.772. The van der Waals surface area contributed by atoms with E-state index >= 15 is 0 Å². The van der Waals surface area contributed by atoms with Crippen LogP contribution in [0.2, 0.25) is 0 Å². The first-order chi connectivity index (χ1) is 9.28. The molecule has 2 nitrogen and oxygen atoms in total. The Bertz CT molecular complexity index is 639. The van der Waals surface area contributed by atoms with E-state index < -0.39 is 0 Å². The summed E-state index contributed by atoms with van der Waals surface area (Å²) >= 11 is 1.65.